The highest BCUT2D eigenvalue weighted by molar-refractivity contribution is 6.31. The van der Waals surface area contributed by atoms with E-state index in [4.69, 9.17) is 20.9 Å². The minimum Gasteiger partial charge on any atom is -0.497 e. The highest BCUT2D eigenvalue weighted by Crippen LogP contribution is 2.24. The molecule has 0 unspecified atom stereocenters. The van der Waals surface area contributed by atoms with Crippen molar-refractivity contribution in [2.45, 2.75) is 6.54 Å². The molecule has 0 amide bonds. The number of nitrogens with zero attached hydrogens (tertiary/aromatic N) is 3. The summed E-state index contributed by atoms with van der Waals surface area (Å²) in [6.45, 7) is -0.0162. The molecule has 2 aromatic heterocycles. The average Bonchev–Trinajstić information content (AvgIpc) is 3.22. The number of hydrogen-bond acceptors (Lipinski definition) is 5. The molecule has 4 rings (SSSR count). The topological polar surface area (TPSA) is 70.2 Å². The van der Waals surface area contributed by atoms with Crippen LogP contribution in [0.2, 0.25) is 5.02 Å². The van der Waals surface area contributed by atoms with Crippen LogP contribution < -0.4 is 10.3 Å². The van der Waals surface area contributed by atoms with Crippen LogP contribution in [0, 0.1) is 5.82 Å². The van der Waals surface area contributed by atoms with Gasteiger partial charge in [0.25, 0.3) is 11.4 Å². The fourth-order valence-corrected chi connectivity index (χ4v) is 3.06. The van der Waals surface area contributed by atoms with Crippen molar-refractivity contribution in [2.75, 3.05) is 7.11 Å². The highest BCUT2D eigenvalue weighted by Gasteiger charge is 2.14. The van der Waals surface area contributed by atoms with Crippen molar-refractivity contribution in [3.63, 3.8) is 0 Å². The summed E-state index contributed by atoms with van der Waals surface area (Å²) in [5.74, 6) is 0.882. The van der Waals surface area contributed by atoms with Crippen molar-refractivity contribution in [3.8, 4) is 28.6 Å². The molecule has 2 heterocycles. The van der Waals surface area contributed by atoms with E-state index in [-0.39, 0.29) is 28.6 Å². The van der Waals surface area contributed by atoms with E-state index in [9.17, 15) is 9.18 Å². The zero-order valence-electron chi connectivity index (χ0n) is 15.3. The molecule has 0 atom stereocenters. The van der Waals surface area contributed by atoms with E-state index in [1.165, 1.54) is 29.0 Å². The Morgan fingerprint density at radius 3 is 2.59 bits per heavy atom. The van der Waals surface area contributed by atoms with Crippen molar-refractivity contribution in [2.24, 2.45) is 0 Å². The van der Waals surface area contributed by atoms with Gasteiger partial charge in [-0.3, -0.25) is 4.79 Å². The lowest BCUT2D eigenvalue weighted by atomic mass is 10.2. The number of halogens is 2. The van der Waals surface area contributed by atoms with E-state index < -0.39 is 5.82 Å². The Labute approximate surface area is 170 Å². The first-order chi connectivity index (χ1) is 14.0. The Balaban J connectivity index is 1.65. The lowest BCUT2D eigenvalue weighted by Crippen LogP contribution is -2.19. The number of methoxy groups -OCH3 is 1. The maximum absolute atomic E-state index is 14.1. The number of hydrogen-bond donors (Lipinski definition) is 0. The van der Waals surface area contributed by atoms with Gasteiger partial charge in [0.05, 0.1) is 19.2 Å². The average molecular weight is 412 g/mol. The van der Waals surface area contributed by atoms with Gasteiger partial charge < -0.3 is 13.8 Å². The van der Waals surface area contributed by atoms with Crippen LogP contribution in [0.5, 0.6) is 5.75 Å². The maximum Gasteiger partial charge on any atom is 0.259 e. The zero-order valence-corrected chi connectivity index (χ0v) is 16.1. The summed E-state index contributed by atoms with van der Waals surface area (Å²) in [4.78, 5) is 16.6. The molecular weight excluding hydrogens is 397 g/mol. The fraction of sp³-hybridized carbons (Fsp3) is 0.0952. The predicted octanol–water partition coefficient (Wildman–Crippen LogP) is 4.41. The molecule has 146 valence electrons. The van der Waals surface area contributed by atoms with Gasteiger partial charge in [-0.2, -0.15) is 4.98 Å². The van der Waals surface area contributed by atoms with Crippen LogP contribution in [0.1, 0.15) is 5.56 Å². The molecule has 0 bridgehead atoms. The molecular formula is C21H15ClFN3O3. The maximum atomic E-state index is 14.1. The van der Waals surface area contributed by atoms with E-state index in [1.54, 1.807) is 31.4 Å². The Morgan fingerprint density at radius 1 is 1.10 bits per heavy atom. The van der Waals surface area contributed by atoms with Gasteiger partial charge in [0.15, 0.2) is 0 Å². The molecule has 4 aromatic rings. The molecule has 0 radical (unpaired) electrons. The van der Waals surface area contributed by atoms with Crippen LogP contribution in [0.3, 0.4) is 0 Å². The molecule has 0 spiro atoms. The molecule has 2 aromatic carbocycles. The molecule has 6 nitrogen and oxygen atoms in total. The summed E-state index contributed by atoms with van der Waals surface area (Å²) in [6.07, 6.45) is 1.54. The molecule has 0 N–H and O–H groups in total. The Bertz CT molecular complexity index is 1200. The smallest absolute Gasteiger partial charge is 0.259 e. The van der Waals surface area contributed by atoms with Crippen LogP contribution in [-0.4, -0.2) is 21.8 Å². The van der Waals surface area contributed by atoms with Gasteiger partial charge in [0.1, 0.15) is 11.6 Å². The second-order valence-corrected chi connectivity index (χ2v) is 6.64. The van der Waals surface area contributed by atoms with Gasteiger partial charge >= 0.3 is 0 Å². The molecule has 0 aliphatic rings. The van der Waals surface area contributed by atoms with Crippen molar-refractivity contribution < 1.29 is 13.7 Å². The Morgan fingerprint density at radius 2 is 1.86 bits per heavy atom. The van der Waals surface area contributed by atoms with Gasteiger partial charge in [0, 0.05) is 28.4 Å². The molecule has 8 heteroatoms. The van der Waals surface area contributed by atoms with Crippen LogP contribution in [0.15, 0.2) is 70.1 Å². The van der Waals surface area contributed by atoms with Gasteiger partial charge in [-0.15, -0.1) is 0 Å². The van der Waals surface area contributed by atoms with Crippen molar-refractivity contribution >= 4 is 11.6 Å². The molecule has 29 heavy (non-hydrogen) atoms. The summed E-state index contributed by atoms with van der Waals surface area (Å²) in [7, 11) is 1.59. The number of aromatic nitrogens is 3. The number of rotatable bonds is 5. The largest absolute Gasteiger partial charge is 0.497 e. The molecule has 0 saturated carbocycles. The molecule has 0 saturated heterocycles. The molecule has 0 fully saturated rings. The third-order valence-electron chi connectivity index (χ3n) is 4.39. The minimum absolute atomic E-state index is 0.0162. The van der Waals surface area contributed by atoms with E-state index in [1.807, 2.05) is 12.1 Å². The Kier molecular flexibility index (Phi) is 5.14. The summed E-state index contributed by atoms with van der Waals surface area (Å²) in [6, 6.07) is 14.5. The summed E-state index contributed by atoms with van der Waals surface area (Å²) >= 11 is 6.08. The first-order valence-electron chi connectivity index (χ1n) is 8.67. The number of pyridine rings is 1. The van der Waals surface area contributed by atoms with Gasteiger partial charge in [-0.1, -0.05) is 22.8 Å². The van der Waals surface area contributed by atoms with Crippen molar-refractivity contribution in [3.05, 3.63) is 87.6 Å². The van der Waals surface area contributed by atoms with E-state index >= 15 is 0 Å². The van der Waals surface area contributed by atoms with Gasteiger partial charge in [0.2, 0.25) is 5.82 Å². The zero-order chi connectivity index (χ0) is 20.4. The normalized spacial score (nSPS) is 10.9. The van der Waals surface area contributed by atoms with Crippen LogP contribution in [0.4, 0.5) is 4.39 Å². The predicted molar refractivity (Wildman–Crippen MR) is 106 cm³/mol. The fourth-order valence-electron chi connectivity index (χ4n) is 2.83. The SMILES string of the molecule is COc1ccc(-c2noc(-c3ccc(=O)n(Cc4c(F)cccc4Cl)c3)n2)cc1. The monoisotopic (exact) mass is 411 g/mol. The second kappa shape index (κ2) is 7.89. The summed E-state index contributed by atoms with van der Waals surface area (Å²) in [5, 5.41) is 4.24. The molecule has 0 aliphatic carbocycles. The number of ether oxygens (including phenoxy) is 1. The summed E-state index contributed by atoms with van der Waals surface area (Å²) < 4.78 is 25.9. The van der Waals surface area contributed by atoms with E-state index in [0.29, 0.717) is 11.4 Å². The van der Waals surface area contributed by atoms with Crippen molar-refractivity contribution in [1.82, 2.24) is 14.7 Å². The number of benzene rings is 2. The lowest BCUT2D eigenvalue weighted by Gasteiger charge is -2.09. The lowest BCUT2D eigenvalue weighted by molar-refractivity contribution is 0.414. The summed E-state index contributed by atoms with van der Waals surface area (Å²) in [5.41, 5.74) is 1.22. The Hall–Kier alpha value is -3.45. The first kappa shape index (κ1) is 18.9. The third kappa shape index (κ3) is 3.90. The van der Waals surface area contributed by atoms with Crippen LogP contribution >= 0.6 is 11.6 Å². The third-order valence-corrected chi connectivity index (χ3v) is 4.75. The minimum atomic E-state index is -0.477. The first-order valence-corrected chi connectivity index (χ1v) is 9.05. The van der Waals surface area contributed by atoms with Gasteiger partial charge in [-0.05, 0) is 42.5 Å². The van der Waals surface area contributed by atoms with Crippen LogP contribution in [-0.2, 0) is 6.54 Å². The van der Waals surface area contributed by atoms with E-state index in [2.05, 4.69) is 10.1 Å². The molecule has 0 aliphatic heterocycles. The van der Waals surface area contributed by atoms with E-state index in [0.717, 1.165) is 11.3 Å². The quantitative estimate of drug-likeness (QED) is 0.486. The highest BCUT2D eigenvalue weighted by atomic mass is 35.5. The standard InChI is InChI=1S/C21H15ClFN3O3/c1-28-15-8-5-13(6-9-15)20-24-21(29-25-20)14-7-10-19(27)26(11-14)12-16-17(22)3-2-4-18(16)23/h2-11H,12H2,1H3. The van der Waals surface area contributed by atoms with Gasteiger partial charge in [-0.25, -0.2) is 4.39 Å². The van der Waals surface area contributed by atoms with Crippen molar-refractivity contribution in [1.29, 1.82) is 0 Å². The van der Waals surface area contributed by atoms with Crippen LogP contribution in [0.25, 0.3) is 22.8 Å². The second-order valence-electron chi connectivity index (χ2n) is 6.24.